The average Bonchev–Trinajstić information content (AvgIpc) is 3.34. The summed E-state index contributed by atoms with van der Waals surface area (Å²) in [6.07, 6.45) is 10.8. The topological polar surface area (TPSA) is 105 Å². The maximum Gasteiger partial charge on any atom is 0.315 e. The van der Waals surface area contributed by atoms with Crippen molar-refractivity contribution >= 4 is 12.3 Å². The van der Waals surface area contributed by atoms with Crippen LogP contribution in [0.4, 0.5) is 0 Å². The summed E-state index contributed by atoms with van der Waals surface area (Å²) in [6, 6.07) is -0.0912. The van der Waals surface area contributed by atoms with Crippen LogP contribution in [-0.4, -0.2) is 53.7 Å². The van der Waals surface area contributed by atoms with Gasteiger partial charge in [0.1, 0.15) is 11.7 Å². The number of carboxylic acid groups (broad SMARTS) is 1. The molecule has 36 heavy (non-hydrogen) atoms. The van der Waals surface area contributed by atoms with Gasteiger partial charge in [0.25, 0.3) is 0 Å². The van der Waals surface area contributed by atoms with E-state index in [9.17, 15) is 19.8 Å². The van der Waals surface area contributed by atoms with E-state index in [0.717, 1.165) is 24.7 Å². The van der Waals surface area contributed by atoms with E-state index in [1.807, 2.05) is 20.8 Å². The number of nitrogens with one attached hydrogen (secondary N) is 1. The zero-order valence-electron chi connectivity index (χ0n) is 21.9. The van der Waals surface area contributed by atoms with E-state index < -0.39 is 34.7 Å². The number of ether oxygens (including phenoxy) is 2. The molecule has 4 fully saturated rings. The maximum atomic E-state index is 13.5. The SMILES string of the molecule is C#CCC1C[C@@H](C)O[C@@H](OC[C@@]23C[C@@H]4[C@H](C)CC[C@H]4[C@@]4(C=O)C[C@@H]2C=C(C(C)C)[C@@]34C(=O)O)[C@@H](O)N1. The van der Waals surface area contributed by atoms with Crippen LogP contribution in [0, 0.1) is 58.2 Å². The van der Waals surface area contributed by atoms with Gasteiger partial charge in [-0.2, -0.15) is 0 Å². The van der Waals surface area contributed by atoms with Gasteiger partial charge in [-0.25, -0.2) is 0 Å². The van der Waals surface area contributed by atoms with Gasteiger partial charge in [-0.3, -0.25) is 10.1 Å². The minimum atomic E-state index is -1.30. The van der Waals surface area contributed by atoms with Gasteiger partial charge in [-0.1, -0.05) is 38.8 Å². The van der Waals surface area contributed by atoms with Gasteiger partial charge in [0.2, 0.25) is 0 Å². The lowest BCUT2D eigenvalue weighted by Crippen LogP contribution is -2.64. The largest absolute Gasteiger partial charge is 0.481 e. The summed E-state index contributed by atoms with van der Waals surface area (Å²) in [4.78, 5) is 26.6. The number of carbonyl (C=O) groups excluding carboxylic acids is 1. The van der Waals surface area contributed by atoms with E-state index in [-0.39, 0.29) is 42.4 Å². The molecule has 3 N–H and O–H groups in total. The van der Waals surface area contributed by atoms with Gasteiger partial charge in [0.15, 0.2) is 12.5 Å². The minimum absolute atomic E-state index is 0.00593. The molecule has 5 rings (SSSR count). The number of terminal acetylenes is 1. The van der Waals surface area contributed by atoms with Crippen molar-refractivity contribution in [2.24, 2.45) is 45.8 Å². The third kappa shape index (κ3) is 3.20. The number of rotatable bonds is 7. The monoisotopic (exact) mass is 499 g/mol. The Labute approximate surface area is 214 Å². The molecule has 0 radical (unpaired) electrons. The lowest BCUT2D eigenvalue weighted by atomic mass is 9.43. The molecule has 0 aromatic rings. The summed E-state index contributed by atoms with van der Waals surface area (Å²) in [5.74, 6) is 2.48. The first kappa shape index (κ1) is 25.9. The fraction of sp³-hybridized carbons (Fsp3) is 0.793. The van der Waals surface area contributed by atoms with Crippen LogP contribution in [0.15, 0.2) is 11.6 Å². The Kier molecular flexibility index (Phi) is 6.43. The number of fused-ring (bicyclic) bond motifs is 2. The molecule has 7 nitrogen and oxygen atoms in total. The first-order chi connectivity index (χ1) is 17.1. The molecule has 4 aliphatic carbocycles. The van der Waals surface area contributed by atoms with Gasteiger partial charge in [0, 0.05) is 17.9 Å². The summed E-state index contributed by atoms with van der Waals surface area (Å²) in [6.45, 7) is 8.35. The molecule has 7 heteroatoms. The number of hydrogen-bond acceptors (Lipinski definition) is 6. The lowest BCUT2D eigenvalue weighted by molar-refractivity contribution is -0.240. The molecule has 0 spiro atoms. The van der Waals surface area contributed by atoms with Crippen molar-refractivity contribution in [3.63, 3.8) is 0 Å². The van der Waals surface area contributed by atoms with Crippen LogP contribution in [0.5, 0.6) is 0 Å². The van der Waals surface area contributed by atoms with Gasteiger partial charge in [-0.15, -0.1) is 12.3 Å². The third-order valence-electron chi connectivity index (χ3n) is 10.6. The van der Waals surface area contributed by atoms with Crippen molar-refractivity contribution in [3.05, 3.63) is 11.6 Å². The summed E-state index contributed by atoms with van der Waals surface area (Å²) in [7, 11) is 0. The highest BCUT2D eigenvalue weighted by molar-refractivity contribution is 5.90. The van der Waals surface area contributed by atoms with Crippen LogP contribution in [0.1, 0.15) is 66.2 Å². The van der Waals surface area contributed by atoms with Crippen molar-refractivity contribution in [2.75, 3.05) is 6.61 Å². The van der Waals surface area contributed by atoms with Crippen LogP contribution in [0.2, 0.25) is 0 Å². The fourth-order valence-electron chi connectivity index (χ4n) is 9.43. The second-order valence-electron chi connectivity index (χ2n) is 12.6. The van der Waals surface area contributed by atoms with E-state index in [4.69, 9.17) is 15.9 Å². The molecule has 1 aliphatic heterocycles. The number of carbonyl (C=O) groups is 2. The van der Waals surface area contributed by atoms with E-state index in [1.54, 1.807) is 0 Å². The van der Waals surface area contributed by atoms with Crippen molar-refractivity contribution in [2.45, 2.75) is 90.9 Å². The first-order valence-corrected chi connectivity index (χ1v) is 13.6. The van der Waals surface area contributed by atoms with Gasteiger partial charge < -0.3 is 24.5 Å². The second-order valence-corrected chi connectivity index (χ2v) is 12.6. The Morgan fingerprint density at radius 2 is 2.11 bits per heavy atom. The molecule has 1 unspecified atom stereocenters. The molecule has 1 saturated heterocycles. The summed E-state index contributed by atoms with van der Waals surface area (Å²) in [5.41, 5.74) is -2.10. The van der Waals surface area contributed by atoms with Gasteiger partial charge in [-0.05, 0) is 62.2 Å². The predicted octanol–water partition coefficient (Wildman–Crippen LogP) is 3.36. The van der Waals surface area contributed by atoms with Crippen LogP contribution in [0.3, 0.4) is 0 Å². The number of aliphatic hydroxyl groups excluding tert-OH is 1. The zero-order chi connectivity index (χ0) is 26.0. The molecule has 0 amide bonds. The molecular formula is C29H41NO6. The van der Waals surface area contributed by atoms with Crippen LogP contribution in [-0.2, 0) is 19.1 Å². The van der Waals surface area contributed by atoms with Crippen molar-refractivity contribution in [1.29, 1.82) is 0 Å². The number of aliphatic carboxylic acids is 1. The molecule has 198 valence electrons. The Balaban J connectivity index is 1.54. The fourth-order valence-corrected chi connectivity index (χ4v) is 9.43. The van der Waals surface area contributed by atoms with Crippen LogP contribution in [0.25, 0.3) is 0 Å². The molecule has 0 aromatic heterocycles. The Bertz CT molecular complexity index is 987. The van der Waals surface area contributed by atoms with Gasteiger partial charge in [0.05, 0.1) is 18.1 Å². The number of allylic oxidation sites excluding steroid dienone is 1. The molecular weight excluding hydrogens is 458 g/mol. The van der Waals surface area contributed by atoms with Crippen LogP contribution >= 0.6 is 0 Å². The second kappa shape index (κ2) is 8.94. The predicted molar refractivity (Wildman–Crippen MR) is 133 cm³/mol. The highest BCUT2D eigenvalue weighted by Crippen LogP contribution is 2.82. The normalized spacial score (nSPS) is 49.3. The van der Waals surface area contributed by atoms with E-state index in [2.05, 4.69) is 24.2 Å². The smallest absolute Gasteiger partial charge is 0.315 e. The minimum Gasteiger partial charge on any atom is -0.481 e. The Morgan fingerprint density at radius 1 is 1.36 bits per heavy atom. The average molecular weight is 500 g/mol. The molecule has 11 atom stereocenters. The molecule has 5 aliphatic rings. The highest BCUT2D eigenvalue weighted by Gasteiger charge is 2.84. The van der Waals surface area contributed by atoms with Crippen LogP contribution < -0.4 is 5.32 Å². The molecule has 0 aromatic carbocycles. The zero-order valence-corrected chi connectivity index (χ0v) is 21.9. The Morgan fingerprint density at radius 3 is 2.75 bits per heavy atom. The summed E-state index contributed by atoms with van der Waals surface area (Å²) >= 11 is 0. The maximum absolute atomic E-state index is 13.5. The number of aliphatic hydroxyl groups is 1. The highest BCUT2D eigenvalue weighted by atomic mass is 16.7. The van der Waals surface area contributed by atoms with E-state index in [0.29, 0.717) is 31.6 Å². The molecule has 1 heterocycles. The molecule has 3 saturated carbocycles. The van der Waals surface area contributed by atoms with E-state index in [1.165, 1.54) is 0 Å². The van der Waals surface area contributed by atoms with E-state index >= 15 is 0 Å². The summed E-state index contributed by atoms with van der Waals surface area (Å²) in [5, 5.41) is 25.1. The number of carboxylic acids is 1. The number of hydrogen-bond donors (Lipinski definition) is 3. The van der Waals surface area contributed by atoms with Crippen molar-refractivity contribution in [3.8, 4) is 12.3 Å². The molecule has 4 bridgehead atoms. The standard InChI is InChI=1S/C29H41NO6/c1-6-7-20-10-18(5)36-25(24(32)30-20)35-15-28-13-21-17(4)8-9-22(21)27(14-31)12-19(28)11-23(16(2)3)29(27,28)26(33)34/h1,11,14,16-22,24-25,30,32H,7-10,12-13,15H2,2-5H3,(H,33,34)/t17-,18-,19+,20?,21-,22-,24-,25-,27+,28+,29+/m1/s1. The lowest BCUT2D eigenvalue weighted by Gasteiger charge is -2.58. The quantitative estimate of drug-likeness (QED) is 0.280. The number of aldehydes is 1. The summed E-state index contributed by atoms with van der Waals surface area (Å²) < 4.78 is 12.5. The third-order valence-corrected chi connectivity index (χ3v) is 10.6. The van der Waals surface area contributed by atoms with Gasteiger partial charge >= 0.3 is 5.97 Å². The first-order valence-electron chi connectivity index (χ1n) is 13.6. The van der Waals surface area contributed by atoms with Crippen molar-refractivity contribution in [1.82, 2.24) is 5.32 Å². The van der Waals surface area contributed by atoms with Crippen molar-refractivity contribution < 1.29 is 29.3 Å². The Hall–Kier alpha value is -1.72.